The van der Waals surface area contributed by atoms with Gasteiger partial charge in [-0.05, 0) is 46.9 Å². The second-order valence-corrected chi connectivity index (χ2v) is 6.03. The van der Waals surface area contributed by atoms with Crippen LogP contribution in [0.25, 0.3) is 10.9 Å². The molecule has 19 heavy (non-hydrogen) atoms. The molecule has 3 rings (SSSR count). The van der Waals surface area contributed by atoms with Gasteiger partial charge in [-0.3, -0.25) is 0 Å². The molecule has 1 aromatic heterocycles. The highest BCUT2D eigenvalue weighted by Crippen LogP contribution is 2.26. The molecule has 1 aliphatic rings. The first-order valence-corrected chi connectivity index (χ1v) is 7.81. The summed E-state index contributed by atoms with van der Waals surface area (Å²) in [6.07, 6.45) is 4.55. The number of rotatable bonds is 4. The van der Waals surface area contributed by atoms with E-state index in [1.807, 2.05) is 0 Å². The fourth-order valence-electron chi connectivity index (χ4n) is 2.81. The van der Waals surface area contributed by atoms with Crippen LogP contribution in [0.15, 0.2) is 28.9 Å². The Morgan fingerprint density at radius 2 is 2.05 bits per heavy atom. The Morgan fingerprint density at radius 1 is 1.21 bits per heavy atom. The number of nitrogens with zero attached hydrogens (tertiary/aromatic N) is 1. The Labute approximate surface area is 122 Å². The fraction of sp³-hybridized carbons (Fsp3) is 0.467. The number of piperazine rings is 1. The van der Waals surface area contributed by atoms with Crippen molar-refractivity contribution in [2.45, 2.75) is 12.8 Å². The van der Waals surface area contributed by atoms with Gasteiger partial charge in [0, 0.05) is 42.2 Å². The van der Waals surface area contributed by atoms with E-state index in [9.17, 15) is 0 Å². The van der Waals surface area contributed by atoms with Gasteiger partial charge in [0.25, 0.3) is 0 Å². The van der Waals surface area contributed by atoms with Crippen LogP contribution >= 0.6 is 15.9 Å². The first kappa shape index (κ1) is 13.2. The fourth-order valence-corrected chi connectivity index (χ4v) is 3.29. The summed E-state index contributed by atoms with van der Waals surface area (Å²) in [5, 5.41) is 4.75. The lowest BCUT2D eigenvalue weighted by atomic mass is 10.1. The monoisotopic (exact) mass is 321 g/mol. The molecule has 2 heterocycles. The van der Waals surface area contributed by atoms with Gasteiger partial charge in [-0.2, -0.15) is 0 Å². The zero-order valence-electron chi connectivity index (χ0n) is 11.1. The number of halogens is 1. The Hall–Kier alpha value is -0.840. The molecule has 3 nitrogen and oxygen atoms in total. The van der Waals surface area contributed by atoms with Crippen LogP contribution in [0, 0.1) is 0 Å². The van der Waals surface area contributed by atoms with E-state index in [4.69, 9.17) is 0 Å². The second kappa shape index (κ2) is 6.07. The van der Waals surface area contributed by atoms with Crippen molar-refractivity contribution in [2.75, 3.05) is 32.7 Å². The van der Waals surface area contributed by atoms with Crippen molar-refractivity contribution in [3.05, 3.63) is 34.4 Å². The van der Waals surface area contributed by atoms with Crippen LogP contribution in [-0.2, 0) is 6.42 Å². The number of aromatic nitrogens is 1. The van der Waals surface area contributed by atoms with Gasteiger partial charge in [0.1, 0.15) is 0 Å². The van der Waals surface area contributed by atoms with Crippen molar-refractivity contribution in [3.8, 4) is 0 Å². The van der Waals surface area contributed by atoms with E-state index in [-0.39, 0.29) is 0 Å². The molecule has 0 spiro atoms. The first-order chi connectivity index (χ1) is 9.34. The quantitative estimate of drug-likeness (QED) is 0.907. The number of benzene rings is 1. The maximum absolute atomic E-state index is 3.59. The molecule has 0 unspecified atom stereocenters. The van der Waals surface area contributed by atoms with Gasteiger partial charge >= 0.3 is 0 Å². The molecule has 0 saturated carbocycles. The molecule has 1 saturated heterocycles. The maximum Gasteiger partial charge on any atom is 0.0601 e. The minimum atomic E-state index is 1.14. The van der Waals surface area contributed by atoms with Crippen LogP contribution in [-0.4, -0.2) is 42.6 Å². The highest BCUT2D eigenvalue weighted by atomic mass is 79.9. The zero-order valence-corrected chi connectivity index (χ0v) is 12.7. The Balaban J connectivity index is 1.60. The summed E-state index contributed by atoms with van der Waals surface area (Å²) < 4.78 is 1.15. The highest BCUT2D eigenvalue weighted by molar-refractivity contribution is 9.10. The maximum atomic E-state index is 3.59. The molecule has 2 aromatic rings. The van der Waals surface area contributed by atoms with Gasteiger partial charge in [-0.1, -0.05) is 12.1 Å². The number of aromatic amines is 1. The summed E-state index contributed by atoms with van der Waals surface area (Å²) in [5.74, 6) is 0. The van der Waals surface area contributed by atoms with E-state index in [0.717, 1.165) is 24.0 Å². The number of fused-ring (bicyclic) bond motifs is 1. The largest absolute Gasteiger partial charge is 0.360 e. The second-order valence-electron chi connectivity index (χ2n) is 5.17. The molecule has 0 atom stereocenters. The lowest BCUT2D eigenvalue weighted by Gasteiger charge is -2.26. The summed E-state index contributed by atoms with van der Waals surface area (Å²) in [6, 6.07) is 6.40. The van der Waals surface area contributed by atoms with Crippen LogP contribution in [0.2, 0.25) is 0 Å². The molecule has 0 radical (unpaired) electrons. The van der Waals surface area contributed by atoms with Gasteiger partial charge in [-0.15, -0.1) is 0 Å². The Morgan fingerprint density at radius 3 is 2.89 bits per heavy atom. The molecular formula is C15H20BrN3. The smallest absolute Gasteiger partial charge is 0.0601 e. The van der Waals surface area contributed by atoms with E-state index >= 15 is 0 Å². The van der Waals surface area contributed by atoms with Gasteiger partial charge < -0.3 is 15.2 Å². The predicted molar refractivity (Wildman–Crippen MR) is 83.6 cm³/mol. The molecule has 2 N–H and O–H groups in total. The Kier molecular flexibility index (Phi) is 4.21. The average molecular weight is 322 g/mol. The van der Waals surface area contributed by atoms with Gasteiger partial charge in [0.2, 0.25) is 0 Å². The van der Waals surface area contributed by atoms with Crippen molar-refractivity contribution >= 4 is 26.8 Å². The topological polar surface area (TPSA) is 31.1 Å². The minimum Gasteiger partial charge on any atom is -0.360 e. The lowest BCUT2D eigenvalue weighted by Crippen LogP contribution is -2.43. The molecule has 1 fully saturated rings. The number of hydrogen-bond donors (Lipinski definition) is 2. The summed E-state index contributed by atoms with van der Waals surface area (Å²) in [6.45, 7) is 5.88. The van der Waals surface area contributed by atoms with Crippen molar-refractivity contribution in [1.82, 2.24) is 15.2 Å². The van der Waals surface area contributed by atoms with Crippen LogP contribution in [0.3, 0.4) is 0 Å². The van der Waals surface area contributed by atoms with E-state index in [1.165, 1.54) is 42.5 Å². The van der Waals surface area contributed by atoms with Crippen LogP contribution in [0.4, 0.5) is 0 Å². The van der Waals surface area contributed by atoms with Crippen LogP contribution < -0.4 is 5.32 Å². The first-order valence-electron chi connectivity index (χ1n) is 7.02. The normalized spacial score (nSPS) is 17.1. The molecular weight excluding hydrogens is 302 g/mol. The molecule has 0 aliphatic carbocycles. The minimum absolute atomic E-state index is 1.14. The standard InChI is InChI=1S/C15H20BrN3/c16-14-5-1-4-13-12(11-18-15(13)14)3-2-8-19-9-6-17-7-10-19/h1,4-5,11,17-18H,2-3,6-10H2. The summed E-state index contributed by atoms with van der Waals surface area (Å²) in [5.41, 5.74) is 2.66. The van der Waals surface area contributed by atoms with Gasteiger partial charge in [0.05, 0.1) is 5.52 Å². The van der Waals surface area contributed by atoms with Crippen molar-refractivity contribution in [1.29, 1.82) is 0 Å². The zero-order chi connectivity index (χ0) is 13.1. The van der Waals surface area contributed by atoms with E-state index < -0.39 is 0 Å². The number of nitrogens with one attached hydrogen (secondary N) is 2. The molecule has 102 valence electrons. The molecule has 0 bridgehead atoms. The molecule has 4 heteroatoms. The third-order valence-electron chi connectivity index (χ3n) is 3.88. The molecule has 1 aliphatic heterocycles. The average Bonchev–Trinajstić information content (AvgIpc) is 2.85. The van der Waals surface area contributed by atoms with Crippen LogP contribution in [0.1, 0.15) is 12.0 Å². The summed E-state index contributed by atoms with van der Waals surface area (Å²) in [4.78, 5) is 5.93. The molecule has 1 aromatic carbocycles. The van der Waals surface area contributed by atoms with Crippen molar-refractivity contribution < 1.29 is 0 Å². The SMILES string of the molecule is Brc1cccc2c(CCCN3CCNCC3)c[nH]c12. The van der Waals surface area contributed by atoms with E-state index in [1.54, 1.807) is 0 Å². The summed E-state index contributed by atoms with van der Waals surface area (Å²) in [7, 11) is 0. The summed E-state index contributed by atoms with van der Waals surface area (Å²) >= 11 is 3.59. The number of aryl methyl sites for hydroxylation is 1. The number of para-hydroxylation sites is 1. The van der Waals surface area contributed by atoms with Gasteiger partial charge in [-0.25, -0.2) is 0 Å². The highest BCUT2D eigenvalue weighted by Gasteiger charge is 2.10. The lowest BCUT2D eigenvalue weighted by molar-refractivity contribution is 0.238. The van der Waals surface area contributed by atoms with E-state index in [0.29, 0.717) is 0 Å². The number of H-pyrrole nitrogens is 1. The van der Waals surface area contributed by atoms with Crippen molar-refractivity contribution in [2.24, 2.45) is 0 Å². The van der Waals surface area contributed by atoms with Gasteiger partial charge in [0.15, 0.2) is 0 Å². The Bertz CT molecular complexity index is 543. The van der Waals surface area contributed by atoms with E-state index in [2.05, 4.69) is 55.5 Å². The third kappa shape index (κ3) is 3.02. The van der Waals surface area contributed by atoms with Crippen LogP contribution in [0.5, 0.6) is 0 Å². The number of hydrogen-bond acceptors (Lipinski definition) is 2. The predicted octanol–water partition coefficient (Wildman–Crippen LogP) is 2.77. The molecule has 0 amide bonds. The third-order valence-corrected chi connectivity index (χ3v) is 4.54. The van der Waals surface area contributed by atoms with Crippen molar-refractivity contribution in [3.63, 3.8) is 0 Å².